The van der Waals surface area contributed by atoms with Gasteiger partial charge in [-0.05, 0) is 44.4 Å². The van der Waals surface area contributed by atoms with E-state index in [0.29, 0.717) is 49.9 Å². The van der Waals surface area contributed by atoms with Crippen LogP contribution in [0.3, 0.4) is 0 Å². The smallest absolute Gasteiger partial charge is 0.340 e. The molecule has 1 aliphatic heterocycles. The molecule has 0 aromatic heterocycles. The molecule has 6 fully saturated rings. The summed E-state index contributed by atoms with van der Waals surface area (Å²) in [7, 11) is 5.09. The number of methoxy groups -OCH3 is 3. The topological polar surface area (TPSA) is 124 Å². The van der Waals surface area contributed by atoms with E-state index in [2.05, 4.69) is 11.8 Å². The normalized spacial score (nSPS) is 51.1. The number of benzene rings is 1. The molecule has 4 N–H and O–H groups in total. The largest absolute Gasteiger partial charge is 0.454 e. The van der Waals surface area contributed by atoms with Gasteiger partial charge in [0.2, 0.25) is 0 Å². The van der Waals surface area contributed by atoms with Gasteiger partial charge in [-0.1, -0.05) is 19.1 Å². The second-order valence-electron chi connectivity index (χ2n) is 13.0. The number of fused-ring (bicyclic) bond motifs is 2. The van der Waals surface area contributed by atoms with E-state index in [0.717, 1.165) is 6.54 Å². The molecular weight excluding hydrogens is 500 g/mol. The Morgan fingerprint density at radius 1 is 1.10 bits per heavy atom. The van der Waals surface area contributed by atoms with Crippen LogP contribution in [-0.4, -0.2) is 96.7 Å². The lowest BCUT2D eigenvalue weighted by Crippen LogP contribution is -2.83. The zero-order valence-electron chi connectivity index (χ0n) is 23.3. The highest BCUT2D eigenvalue weighted by Gasteiger charge is 2.89. The average molecular weight is 543 g/mol. The summed E-state index contributed by atoms with van der Waals surface area (Å²) >= 11 is 0. The minimum atomic E-state index is -1.44. The third kappa shape index (κ3) is 2.80. The van der Waals surface area contributed by atoms with Crippen molar-refractivity contribution < 1.29 is 34.0 Å². The number of hydrogen-bond donors (Lipinski definition) is 3. The Morgan fingerprint density at radius 3 is 2.54 bits per heavy atom. The zero-order valence-corrected chi connectivity index (χ0v) is 23.3. The molecule has 6 aliphatic rings. The molecule has 7 rings (SSSR count). The van der Waals surface area contributed by atoms with Crippen molar-refractivity contribution >= 4 is 11.7 Å². The quantitative estimate of drug-likeness (QED) is 0.365. The molecule has 9 heteroatoms. The molecule has 9 nitrogen and oxygen atoms in total. The number of esters is 1. The first-order valence-electron chi connectivity index (χ1n) is 14.5. The maximum atomic E-state index is 13.7. The van der Waals surface area contributed by atoms with Crippen LogP contribution in [-0.2, 0) is 18.9 Å². The fraction of sp³-hybridized carbons (Fsp3) is 0.767. The maximum Gasteiger partial charge on any atom is 0.340 e. The lowest BCUT2D eigenvalue weighted by Gasteiger charge is -2.70. The molecule has 1 aromatic carbocycles. The Morgan fingerprint density at radius 2 is 1.87 bits per heavy atom. The van der Waals surface area contributed by atoms with E-state index in [1.165, 1.54) is 0 Å². The number of nitrogen functional groups attached to an aromatic ring is 1. The van der Waals surface area contributed by atoms with Gasteiger partial charge in [0, 0.05) is 75.1 Å². The van der Waals surface area contributed by atoms with Gasteiger partial charge in [0.05, 0.1) is 23.9 Å². The number of nitrogens with zero attached hydrogens (tertiary/aromatic N) is 1. The molecule has 1 heterocycles. The van der Waals surface area contributed by atoms with E-state index in [1.54, 1.807) is 39.5 Å². The van der Waals surface area contributed by atoms with Crippen molar-refractivity contribution in [2.45, 2.75) is 80.2 Å². The maximum absolute atomic E-state index is 13.7. The summed E-state index contributed by atoms with van der Waals surface area (Å²) in [5, 5.41) is 25.6. The summed E-state index contributed by atoms with van der Waals surface area (Å²) in [6.07, 6.45) is 2.17. The third-order valence-corrected chi connectivity index (χ3v) is 12.4. The third-order valence-electron chi connectivity index (χ3n) is 12.4. The standard InChI is InChI=1S/C30H42N2O7/c1-5-32-15-27(39-26(33)16-8-6-7-9-19(16)31)11-10-23(37-3)29-21(27)13-18(24(29)32)28(34)14-20(36-2)17-12-22(29)30(28,35)25(17)38-4/h6-9,17-18,20-25,34-35H,5,10-15,31H2,1-4H3/t17-,18+,20+,21-,22+,23+,24-,25+,27-,28+,29+,30+/m1/s1. The van der Waals surface area contributed by atoms with Crippen LogP contribution in [0.2, 0.25) is 0 Å². The highest BCUT2D eigenvalue weighted by Crippen LogP contribution is 2.79. The van der Waals surface area contributed by atoms with Crippen LogP contribution in [0.5, 0.6) is 0 Å². The number of carbonyl (C=O) groups is 1. The van der Waals surface area contributed by atoms with Gasteiger partial charge in [0.25, 0.3) is 0 Å². The zero-order chi connectivity index (χ0) is 27.5. The fourth-order valence-corrected chi connectivity index (χ4v) is 11.3. The van der Waals surface area contributed by atoms with Gasteiger partial charge >= 0.3 is 5.97 Å². The summed E-state index contributed by atoms with van der Waals surface area (Å²) < 4.78 is 24.9. The number of carbonyl (C=O) groups excluding carboxylic acids is 1. The molecule has 0 radical (unpaired) electrons. The Hall–Kier alpha value is -1.75. The van der Waals surface area contributed by atoms with Crippen LogP contribution in [0.4, 0.5) is 5.69 Å². The van der Waals surface area contributed by atoms with Crippen molar-refractivity contribution in [1.29, 1.82) is 0 Å². The number of piperidine rings is 1. The van der Waals surface area contributed by atoms with E-state index in [9.17, 15) is 15.0 Å². The molecule has 5 aliphatic carbocycles. The van der Waals surface area contributed by atoms with E-state index in [4.69, 9.17) is 24.7 Å². The molecule has 214 valence electrons. The van der Waals surface area contributed by atoms with Crippen molar-refractivity contribution in [3.63, 3.8) is 0 Å². The second kappa shape index (κ2) is 8.39. The van der Waals surface area contributed by atoms with Crippen molar-refractivity contribution in [2.75, 3.05) is 40.2 Å². The number of aliphatic hydroxyl groups is 2. The van der Waals surface area contributed by atoms with Gasteiger partial charge in [-0.15, -0.1) is 0 Å². The number of nitrogens with two attached hydrogens (primary N) is 1. The average Bonchev–Trinajstić information content (AvgIpc) is 3.35. The SMILES string of the molecule is CCN1C[C@]2(OC(=O)c3ccccc3N)CC[C@H](OC)[C@@]34[C@@H]2C[C@@H]([C@@H]13)[C@@]1(O)C[C@H](OC)[C@H]2C[C@@H]4[C@]1(O)[C@H]2OC. The Labute approximate surface area is 229 Å². The van der Waals surface area contributed by atoms with E-state index in [1.807, 2.05) is 6.07 Å². The number of hydrogen-bond acceptors (Lipinski definition) is 9. The fourth-order valence-electron chi connectivity index (χ4n) is 11.3. The molecule has 1 spiro atoms. The minimum Gasteiger partial charge on any atom is -0.454 e. The number of likely N-dealkylation sites (tertiary alicyclic amines) is 1. The van der Waals surface area contributed by atoms with Crippen LogP contribution in [0.15, 0.2) is 24.3 Å². The van der Waals surface area contributed by atoms with E-state index in [-0.39, 0.29) is 41.9 Å². The van der Waals surface area contributed by atoms with Gasteiger partial charge in [0.15, 0.2) is 0 Å². The number of rotatable bonds is 6. The number of ether oxygens (including phenoxy) is 4. The van der Waals surface area contributed by atoms with Crippen molar-refractivity contribution in [1.82, 2.24) is 4.90 Å². The number of para-hydroxylation sites is 1. The molecule has 0 unspecified atom stereocenters. The first-order valence-corrected chi connectivity index (χ1v) is 14.5. The van der Waals surface area contributed by atoms with Gasteiger partial charge in [0.1, 0.15) is 16.8 Å². The predicted octanol–water partition coefficient (Wildman–Crippen LogP) is 1.85. The predicted molar refractivity (Wildman–Crippen MR) is 142 cm³/mol. The van der Waals surface area contributed by atoms with Crippen LogP contribution in [0.1, 0.15) is 49.4 Å². The summed E-state index contributed by atoms with van der Waals surface area (Å²) in [5.41, 5.74) is 2.84. The van der Waals surface area contributed by atoms with Gasteiger partial charge in [-0.3, -0.25) is 4.90 Å². The second-order valence-corrected chi connectivity index (χ2v) is 13.0. The summed E-state index contributed by atoms with van der Waals surface area (Å²) in [6, 6.07) is 7.04. The lowest BCUT2D eigenvalue weighted by molar-refractivity contribution is -0.337. The Balaban J connectivity index is 1.42. The molecule has 5 saturated carbocycles. The monoisotopic (exact) mass is 542 g/mol. The van der Waals surface area contributed by atoms with E-state index < -0.39 is 34.3 Å². The molecule has 0 amide bonds. The Bertz CT molecular complexity index is 1180. The molecule has 1 saturated heterocycles. The number of anilines is 1. The molecule has 12 atom stereocenters. The van der Waals surface area contributed by atoms with Crippen LogP contribution in [0.25, 0.3) is 0 Å². The molecule has 1 aromatic rings. The lowest BCUT2D eigenvalue weighted by atomic mass is 9.44. The summed E-state index contributed by atoms with van der Waals surface area (Å²) in [4.78, 5) is 16.1. The summed E-state index contributed by atoms with van der Waals surface area (Å²) in [6.45, 7) is 3.47. The van der Waals surface area contributed by atoms with Crippen molar-refractivity contribution in [2.24, 2.45) is 29.1 Å². The minimum absolute atomic E-state index is 0.00601. The van der Waals surface area contributed by atoms with Crippen molar-refractivity contribution in [3.05, 3.63) is 29.8 Å². The van der Waals surface area contributed by atoms with Gasteiger partial charge in [-0.25, -0.2) is 4.79 Å². The van der Waals surface area contributed by atoms with Crippen LogP contribution in [0, 0.1) is 29.1 Å². The highest BCUT2D eigenvalue weighted by molar-refractivity contribution is 5.95. The van der Waals surface area contributed by atoms with Crippen LogP contribution < -0.4 is 5.73 Å². The van der Waals surface area contributed by atoms with Crippen LogP contribution >= 0.6 is 0 Å². The van der Waals surface area contributed by atoms with Gasteiger partial charge in [-0.2, -0.15) is 0 Å². The van der Waals surface area contributed by atoms with Crippen molar-refractivity contribution in [3.8, 4) is 0 Å². The van der Waals surface area contributed by atoms with Gasteiger partial charge < -0.3 is 34.9 Å². The highest BCUT2D eigenvalue weighted by atomic mass is 16.6. The summed E-state index contributed by atoms with van der Waals surface area (Å²) in [5.74, 6) is -1.06. The Kier molecular flexibility index (Phi) is 5.63. The number of likely N-dealkylation sites (N-methyl/N-ethyl adjacent to an activating group) is 1. The first kappa shape index (κ1) is 26.2. The molecule has 39 heavy (non-hydrogen) atoms. The molecule has 7 bridgehead atoms. The first-order chi connectivity index (χ1) is 18.7. The molecular formula is C30H42N2O7. The van der Waals surface area contributed by atoms with E-state index >= 15 is 0 Å².